The molecule has 2 aliphatic rings. The summed E-state index contributed by atoms with van der Waals surface area (Å²) in [6, 6.07) is 0. The van der Waals surface area contributed by atoms with E-state index in [2.05, 4.69) is 48.5 Å². The Morgan fingerprint density at radius 3 is 1.83 bits per heavy atom. The van der Waals surface area contributed by atoms with E-state index in [4.69, 9.17) is 24.1 Å². The molecule has 2 saturated heterocycles. The van der Waals surface area contributed by atoms with Crippen LogP contribution in [0.15, 0.2) is 0 Å². The first-order chi connectivity index (χ1) is 16.7. The van der Waals surface area contributed by atoms with Crippen LogP contribution in [0.5, 0.6) is 0 Å². The Bertz CT molecular complexity index is 594. The van der Waals surface area contributed by atoms with Crippen LogP contribution in [-0.2, 0) is 23.7 Å². The summed E-state index contributed by atoms with van der Waals surface area (Å²) in [5.74, 6) is 1.37. The topological polar surface area (TPSA) is 74.2 Å². The van der Waals surface area contributed by atoms with Crippen LogP contribution in [-0.4, -0.2) is 48.6 Å². The van der Waals surface area contributed by atoms with Gasteiger partial charge in [-0.2, -0.15) is 0 Å². The molecule has 0 amide bonds. The first kappa shape index (κ1) is 30.5. The van der Waals surface area contributed by atoms with Gasteiger partial charge in [-0.05, 0) is 43.4 Å². The lowest BCUT2D eigenvalue weighted by atomic mass is 9.78. The summed E-state index contributed by atoms with van der Waals surface area (Å²) in [5.41, 5.74) is 0. The first-order valence-corrected chi connectivity index (χ1v) is 14.5. The molecule has 0 aliphatic carbocycles. The first-order valence-electron chi connectivity index (χ1n) is 14.5. The molecule has 6 nitrogen and oxygen atoms in total. The summed E-state index contributed by atoms with van der Waals surface area (Å²) in [6.07, 6.45) is 9.58. The standard InChI is InChI=1S/C29H54O6/c1-8-24-20(4)19(3)22(6)29(33-24)35-27-21(5)23(7)28(34-25(27)9-2)32-18-16-14-12-10-11-13-15-17-26(30)31/h19-25,27-29H,8-18H2,1-7H3,(H,30,31). The number of carboxylic acid groups (broad SMARTS) is 1. The van der Waals surface area contributed by atoms with E-state index < -0.39 is 5.97 Å². The largest absolute Gasteiger partial charge is 0.481 e. The van der Waals surface area contributed by atoms with Gasteiger partial charge in [0.2, 0.25) is 0 Å². The van der Waals surface area contributed by atoms with E-state index in [1.54, 1.807) is 0 Å². The minimum atomic E-state index is -0.690. The van der Waals surface area contributed by atoms with Crippen molar-refractivity contribution >= 4 is 5.97 Å². The van der Waals surface area contributed by atoms with Crippen LogP contribution in [0.4, 0.5) is 0 Å². The van der Waals surface area contributed by atoms with E-state index in [0.717, 1.165) is 51.6 Å². The maximum atomic E-state index is 10.5. The zero-order valence-corrected chi connectivity index (χ0v) is 23.5. The predicted octanol–water partition coefficient (Wildman–Crippen LogP) is 7.04. The highest BCUT2D eigenvalue weighted by molar-refractivity contribution is 5.66. The third-order valence-corrected chi connectivity index (χ3v) is 8.85. The molecule has 0 radical (unpaired) electrons. The van der Waals surface area contributed by atoms with Crippen molar-refractivity contribution < 1.29 is 28.8 Å². The van der Waals surface area contributed by atoms with Gasteiger partial charge in [0.15, 0.2) is 12.6 Å². The lowest BCUT2D eigenvalue weighted by molar-refractivity contribution is -0.323. The lowest BCUT2D eigenvalue weighted by Crippen LogP contribution is -2.55. The third kappa shape index (κ3) is 8.98. The Hall–Kier alpha value is -0.690. The quantitative estimate of drug-likeness (QED) is 0.244. The fourth-order valence-electron chi connectivity index (χ4n) is 5.72. The molecular formula is C29H54O6. The van der Waals surface area contributed by atoms with Crippen LogP contribution in [0.1, 0.15) is 113 Å². The van der Waals surface area contributed by atoms with Gasteiger partial charge in [-0.3, -0.25) is 4.79 Å². The van der Waals surface area contributed by atoms with E-state index >= 15 is 0 Å². The number of hydrogen-bond acceptors (Lipinski definition) is 5. The second-order valence-corrected chi connectivity index (χ2v) is 11.3. The molecule has 0 aromatic heterocycles. The zero-order valence-electron chi connectivity index (χ0n) is 23.5. The maximum Gasteiger partial charge on any atom is 0.303 e. The molecule has 2 aliphatic heterocycles. The van der Waals surface area contributed by atoms with E-state index in [0.29, 0.717) is 30.1 Å². The molecule has 0 aromatic rings. The van der Waals surface area contributed by atoms with Crippen LogP contribution in [0.3, 0.4) is 0 Å². The molecule has 10 unspecified atom stereocenters. The minimum Gasteiger partial charge on any atom is -0.481 e. The monoisotopic (exact) mass is 498 g/mol. The van der Waals surface area contributed by atoms with Gasteiger partial charge in [0.25, 0.3) is 0 Å². The van der Waals surface area contributed by atoms with Gasteiger partial charge >= 0.3 is 5.97 Å². The summed E-state index contributed by atoms with van der Waals surface area (Å²) in [7, 11) is 0. The van der Waals surface area contributed by atoms with Gasteiger partial charge in [0.1, 0.15) is 0 Å². The average molecular weight is 499 g/mol. The Morgan fingerprint density at radius 1 is 0.686 bits per heavy atom. The number of carbonyl (C=O) groups is 1. The molecule has 35 heavy (non-hydrogen) atoms. The molecule has 10 atom stereocenters. The van der Waals surface area contributed by atoms with Gasteiger partial charge < -0.3 is 24.1 Å². The number of unbranched alkanes of at least 4 members (excludes halogenated alkanes) is 6. The highest BCUT2D eigenvalue weighted by Crippen LogP contribution is 2.40. The number of rotatable bonds is 15. The van der Waals surface area contributed by atoms with Crippen molar-refractivity contribution in [1.82, 2.24) is 0 Å². The zero-order chi connectivity index (χ0) is 26.0. The molecule has 0 spiro atoms. The van der Waals surface area contributed by atoms with Gasteiger partial charge in [-0.1, -0.05) is 80.6 Å². The number of ether oxygens (including phenoxy) is 4. The van der Waals surface area contributed by atoms with Crippen LogP contribution < -0.4 is 0 Å². The molecule has 6 heteroatoms. The van der Waals surface area contributed by atoms with Crippen LogP contribution in [0.25, 0.3) is 0 Å². The van der Waals surface area contributed by atoms with E-state index in [-0.39, 0.29) is 36.8 Å². The number of carboxylic acids is 1. The minimum absolute atomic E-state index is 0.0153. The Kier molecular flexibility index (Phi) is 13.6. The molecule has 2 fully saturated rings. The molecule has 0 bridgehead atoms. The molecular weight excluding hydrogens is 444 g/mol. The van der Waals surface area contributed by atoms with E-state index in [1.165, 1.54) is 12.8 Å². The van der Waals surface area contributed by atoms with Crippen LogP contribution >= 0.6 is 0 Å². The Labute approximate surface area is 214 Å². The summed E-state index contributed by atoms with van der Waals surface area (Å²) in [5, 5.41) is 8.69. The smallest absolute Gasteiger partial charge is 0.303 e. The van der Waals surface area contributed by atoms with Gasteiger partial charge in [-0.25, -0.2) is 0 Å². The van der Waals surface area contributed by atoms with Crippen molar-refractivity contribution in [3.05, 3.63) is 0 Å². The van der Waals surface area contributed by atoms with Gasteiger partial charge in [-0.15, -0.1) is 0 Å². The molecule has 0 saturated carbocycles. The summed E-state index contributed by atoms with van der Waals surface area (Å²) in [6.45, 7) is 16.5. The number of hydrogen-bond donors (Lipinski definition) is 1. The van der Waals surface area contributed by atoms with Crippen LogP contribution in [0.2, 0.25) is 0 Å². The highest BCUT2D eigenvalue weighted by Gasteiger charge is 2.46. The van der Waals surface area contributed by atoms with E-state index in [1.807, 2.05) is 0 Å². The second kappa shape index (κ2) is 15.5. The van der Waals surface area contributed by atoms with Gasteiger partial charge in [0.05, 0.1) is 18.3 Å². The molecule has 1 N–H and O–H groups in total. The van der Waals surface area contributed by atoms with Crippen molar-refractivity contribution in [3.8, 4) is 0 Å². The number of aliphatic carboxylic acids is 1. The fourth-order valence-corrected chi connectivity index (χ4v) is 5.72. The SMILES string of the molecule is CCC1OC(OC2C(CC)OC(OCCCCCCCCCC(=O)O)C(C)C2C)C(C)C(C)C1C. The summed E-state index contributed by atoms with van der Waals surface area (Å²) >= 11 is 0. The molecule has 2 rings (SSSR count). The predicted molar refractivity (Wildman–Crippen MR) is 139 cm³/mol. The maximum absolute atomic E-state index is 10.5. The fraction of sp³-hybridized carbons (Fsp3) is 0.966. The Balaban J connectivity index is 1.76. The van der Waals surface area contributed by atoms with Crippen molar-refractivity contribution in [2.75, 3.05) is 6.61 Å². The highest BCUT2D eigenvalue weighted by atomic mass is 16.7. The molecule has 2 heterocycles. The van der Waals surface area contributed by atoms with E-state index in [9.17, 15) is 4.79 Å². The van der Waals surface area contributed by atoms with Crippen molar-refractivity contribution in [2.24, 2.45) is 29.6 Å². The summed E-state index contributed by atoms with van der Waals surface area (Å²) < 4.78 is 25.8. The molecule has 206 valence electrons. The average Bonchev–Trinajstić information content (AvgIpc) is 2.84. The van der Waals surface area contributed by atoms with Gasteiger partial charge in [0, 0.05) is 24.9 Å². The second-order valence-electron chi connectivity index (χ2n) is 11.3. The normalized spacial score (nSPS) is 37.9. The summed E-state index contributed by atoms with van der Waals surface area (Å²) in [4.78, 5) is 10.5. The van der Waals surface area contributed by atoms with Crippen molar-refractivity contribution in [1.29, 1.82) is 0 Å². The van der Waals surface area contributed by atoms with Crippen molar-refractivity contribution in [3.63, 3.8) is 0 Å². The molecule has 0 aromatic carbocycles. The Morgan fingerprint density at radius 2 is 1.23 bits per heavy atom. The lowest BCUT2D eigenvalue weighted by Gasteiger charge is -2.49. The third-order valence-electron chi connectivity index (χ3n) is 8.85. The van der Waals surface area contributed by atoms with Crippen LogP contribution in [0, 0.1) is 29.6 Å². The van der Waals surface area contributed by atoms with Crippen molar-refractivity contribution in [2.45, 2.75) is 144 Å².